The lowest BCUT2D eigenvalue weighted by Crippen LogP contribution is -2.31. The van der Waals surface area contributed by atoms with Crippen molar-refractivity contribution < 1.29 is 18.7 Å². The number of esters is 1. The summed E-state index contributed by atoms with van der Waals surface area (Å²) in [5.41, 5.74) is 3.90. The highest BCUT2D eigenvalue weighted by Crippen LogP contribution is 2.30. The number of nitrogens with one attached hydrogen (secondary N) is 1. The first kappa shape index (κ1) is 19.1. The van der Waals surface area contributed by atoms with Gasteiger partial charge < -0.3 is 10.1 Å². The van der Waals surface area contributed by atoms with E-state index in [-0.39, 0.29) is 18.5 Å². The van der Waals surface area contributed by atoms with Crippen molar-refractivity contribution in [3.05, 3.63) is 76.7 Å². The summed E-state index contributed by atoms with van der Waals surface area (Å²) in [6, 6.07) is 13.1. The standard InChI is InChI=1S/C23H21FN2O3/c1-14(15-9-11-16(24)12-10-15)25-21(27)13-29-23(28)22-17-5-2-3-7-19(17)26-20-8-4-6-18(20)22/h2-3,5,7,9-12,14H,4,6,8,13H2,1H3,(H,25,27)/t14-/m0/s1. The van der Waals surface area contributed by atoms with E-state index in [0.717, 1.165) is 47.0 Å². The number of nitrogens with zero attached hydrogens (tertiary/aromatic N) is 1. The minimum Gasteiger partial charge on any atom is -0.452 e. The summed E-state index contributed by atoms with van der Waals surface area (Å²) in [5, 5.41) is 3.51. The average molecular weight is 392 g/mol. The third-order valence-corrected chi connectivity index (χ3v) is 5.21. The number of benzene rings is 2. The normalized spacial score (nSPS) is 13.7. The quantitative estimate of drug-likeness (QED) is 0.669. The maximum atomic E-state index is 13.0. The molecule has 0 spiro atoms. The molecule has 0 radical (unpaired) electrons. The predicted molar refractivity (Wildman–Crippen MR) is 107 cm³/mol. The van der Waals surface area contributed by atoms with Crippen LogP contribution in [-0.2, 0) is 22.4 Å². The number of halogens is 1. The summed E-state index contributed by atoms with van der Waals surface area (Å²) >= 11 is 0. The van der Waals surface area contributed by atoms with E-state index >= 15 is 0 Å². The van der Waals surface area contributed by atoms with Gasteiger partial charge in [0.05, 0.1) is 17.1 Å². The summed E-state index contributed by atoms with van der Waals surface area (Å²) < 4.78 is 18.4. The maximum absolute atomic E-state index is 13.0. The molecule has 29 heavy (non-hydrogen) atoms. The molecule has 1 aliphatic carbocycles. The Morgan fingerprint density at radius 2 is 1.90 bits per heavy atom. The fourth-order valence-electron chi connectivity index (χ4n) is 3.77. The number of aryl methyl sites for hydroxylation is 1. The molecule has 148 valence electrons. The minimum atomic E-state index is -0.508. The highest BCUT2D eigenvalue weighted by Gasteiger charge is 2.25. The molecule has 0 saturated carbocycles. The summed E-state index contributed by atoms with van der Waals surface area (Å²) in [6.45, 7) is 1.41. The molecule has 0 saturated heterocycles. The smallest absolute Gasteiger partial charge is 0.339 e. The third-order valence-electron chi connectivity index (χ3n) is 5.21. The number of carbonyl (C=O) groups excluding carboxylic acids is 2. The fourth-order valence-corrected chi connectivity index (χ4v) is 3.77. The van der Waals surface area contributed by atoms with Crippen LogP contribution in [0.2, 0.25) is 0 Å². The van der Waals surface area contributed by atoms with Gasteiger partial charge in [0.15, 0.2) is 6.61 Å². The summed E-state index contributed by atoms with van der Waals surface area (Å²) in [7, 11) is 0. The van der Waals surface area contributed by atoms with Gasteiger partial charge in [-0.3, -0.25) is 9.78 Å². The van der Waals surface area contributed by atoms with Gasteiger partial charge in [0, 0.05) is 11.1 Å². The van der Waals surface area contributed by atoms with Crippen LogP contribution in [-0.4, -0.2) is 23.5 Å². The van der Waals surface area contributed by atoms with Gasteiger partial charge >= 0.3 is 5.97 Å². The van der Waals surface area contributed by atoms with Gasteiger partial charge in [-0.15, -0.1) is 0 Å². The van der Waals surface area contributed by atoms with Crippen molar-refractivity contribution in [1.29, 1.82) is 0 Å². The monoisotopic (exact) mass is 392 g/mol. The molecule has 5 nitrogen and oxygen atoms in total. The molecule has 0 bridgehead atoms. The van der Waals surface area contributed by atoms with Gasteiger partial charge in [0.2, 0.25) is 0 Å². The van der Waals surface area contributed by atoms with Gasteiger partial charge in [0.25, 0.3) is 5.91 Å². The van der Waals surface area contributed by atoms with Crippen molar-refractivity contribution in [3.63, 3.8) is 0 Å². The Labute approximate surface area is 167 Å². The van der Waals surface area contributed by atoms with E-state index in [9.17, 15) is 14.0 Å². The highest BCUT2D eigenvalue weighted by atomic mass is 19.1. The van der Waals surface area contributed by atoms with Crippen LogP contribution >= 0.6 is 0 Å². The largest absolute Gasteiger partial charge is 0.452 e. The van der Waals surface area contributed by atoms with Crippen molar-refractivity contribution in [2.75, 3.05) is 6.61 Å². The molecule has 1 aliphatic rings. The Hall–Kier alpha value is -3.28. The fraction of sp³-hybridized carbons (Fsp3) is 0.261. The zero-order valence-corrected chi connectivity index (χ0v) is 16.1. The number of rotatable bonds is 5. The first-order valence-corrected chi connectivity index (χ1v) is 9.65. The van der Waals surface area contributed by atoms with E-state index < -0.39 is 11.9 Å². The van der Waals surface area contributed by atoms with Gasteiger partial charge in [0.1, 0.15) is 5.82 Å². The number of ether oxygens (including phenoxy) is 1. The number of carbonyl (C=O) groups is 2. The van der Waals surface area contributed by atoms with Crippen molar-refractivity contribution in [3.8, 4) is 0 Å². The summed E-state index contributed by atoms with van der Waals surface area (Å²) in [4.78, 5) is 29.8. The van der Waals surface area contributed by atoms with Crippen LogP contribution in [0.3, 0.4) is 0 Å². The third kappa shape index (κ3) is 3.97. The number of aromatic nitrogens is 1. The van der Waals surface area contributed by atoms with Crippen LogP contribution in [0.25, 0.3) is 10.9 Å². The topological polar surface area (TPSA) is 68.3 Å². The molecular formula is C23H21FN2O3. The molecule has 0 fully saturated rings. The molecule has 3 aromatic rings. The first-order valence-electron chi connectivity index (χ1n) is 9.65. The Morgan fingerprint density at radius 1 is 1.14 bits per heavy atom. The van der Waals surface area contributed by atoms with Crippen molar-refractivity contribution in [2.45, 2.75) is 32.2 Å². The molecule has 1 amide bonds. The molecule has 6 heteroatoms. The molecule has 4 rings (SSSR count). The van der Waals surface area contributed by atoms with E-state index in [1.807, 2.05) is 24.3 Å². The zero-order valence-electron chi connectivity index (χ0n) is 16.1. The lowest BCUT2D eigenvalue weighted by atomic mass is 10.0. The average Bonchev–Trinajstić information content (AvgIpc) is 3.18. The lowest BCUT2D eigenvalue weighted by molar-refractivity contribution is -0.124. The molecule has 0 unspecified atom stereocenters. The second-order valence-corrected chi connectivity index (χ2v) is 7.20. The van der Waals surface area contributed by atoms with E-state index in [1.54, 1.807) is 19.1 Å². The van der Waals surface area contributed by atoms with E-state index in [1.165, 1.54) is 12.1 Å². The number of pyridine rings is 1. The lowest BCUT2D eigenvalue weighted by Gasteiger charge is -2.15. The predicted octanol–water partition coefficient (Wildman–Crippen LogP) is 3.90. The van der Waals surface area contributed by atoms with Gasteiger partial charge in [-0.2, -0.15) is 0 Å². The molecule has 1 N–H and O–H groups in total. The molecule has 0 aliphatic heterocycles. The van der Waals surface area contributed by atoms with E-state index in [4.69, 9.17) is 4.74 Å². The van der Waals surface area contributed by atoms with Crippen molar-refractivity contribution >= 4 is 22.8 Å². The van der Waals surface area contributed by atoms with Gasteiger partial charge in [-0.05, 0) is 55.5 Å². The first-order chi connectivity index (χ1) is 14.0. The number of para-hydroxylation sites is 1. The van der Waals surface area contributed by atoms with Crippen LogP contribution in [0, 0.1) is 5.82 Å². The summed E-state index contributed by atoms with van der Waals surface area (Å²) in [6.07, 6.45) is 2.58. The van der Waals surface area contributed by atoms with Crippen molar-refractivity contribution in [1.82, 2.24) is 10.3 Å². The maximum Gasteiger partial charge on any atom is 0.339 e. The molecule has 1 aromatic heterocycles. The van der Waals surface area contributed by atoms with E-state index in [2.05, 4.69) is 10.3 Å². The SMILES string of the molecule is C[C@H](NC(=O)COC(=O)c1c2c(nc3ccccc13)CCC2)c1ccc(F)cc1. The second kappa shape index (κ2) is 7.99. The number of fused-ring (bicyclic) bond motifs is 2. The van der Waals surface area contributed by atoms with Gasteiger partial charge in [-0.25, -0.2) is 9.18 Å². The Morgan fingerprint density at radius 3 is 2.69 bits per heavy atom. The molecule has 1 heterocycles. The molecule has 1 atom stereocenters. The Balaban J connectivity index is 1.46. The minimum absolute atomic E-state index is 0.326. The van der Waals surface area contributed by atoms with Gasteiger partial charge in [-0.1, -0.05) is 30.3 Å². The molecule has 2 aromatic carbocycles. The Bertz CT molecular complexity index is 1080. The van der Waals surface area contributed by atoms with Crippen LogP contribution < -0.4 is 5.32 Å². The second-order valence-electron chi connectivity index (χ2n) is 7.20. The highest BCUT2D eigenvalue weighted by molar-refractivity contribution is 6.05. The van der Waals surface area contributed by atoms with Crippen LogP contribution in [0.1, 0.15) is 46.6 Å². The number of hydrogen-bond donors (Lipinski definition) is 1. The van der Waals surface area contributed by atoms with Crippen molar-refractivity contribution in [2.24, 2.45) is 0 Å². The van der Waals surface area contributed by atoms with Crippen LogP contribution in [0.5, 0.6) is 0 Å². The zero-order chi connectivity index (χ0) is 20.4. The van der Waals surface area contributed by atoms with Crippen LogP contribution in [0.15, 0.2) is 48.5 Å². The number of amides is 1. The molecular weight excluding hydrogens is 371 g/mol. The van der Waals surface area contributed by atoms with E-state index in [0.29, 0.717) is 5.56 Å². The van der Waals surface area contributed by atoms with Crippen LogP contribution in [0.4, 0.5) is 4.39 Å². The summed E-state index contributed by atoms with van der Waals surface area (Å²) in [5.74, 6) is -1.25. The Kier molecular flexibility index (Phi) is 5.25. The number of hydrogen-bond acceptors (Lipinski definition) is 4.